The van der Waals surface area contributed by atoms with Gasteiger partial charge in [-0.2, -0.15) is 11.8 Å². The summed E-state index contributed by atoms with van der Waals surface area (Å²) in [4.78, 5) is 23.6. The normalized spacial score (nSPS) is 12.3. The number of thioether (sulfide) groups is 1. The summed E-state index contributed by atoms with van der Waals surface area (Å²) >= 11 is 1.62. The monoisotopic (exact) mass is 362 g/mol. The lowest BCUT2D eigenvalue weighted by molar-refractivity contribution is -0.117. The number of urea groups is 1. The van der Waals surface area contributed by atoms with E-state index >= 15 is 0 Å². The molecule has 6 nitrogen and oxygen atoms in total. The molecule has 0 fully saturated rings. The molecule has 4 N–H and O–H groups in total. The van der Waals surface area contributed by atoms with Crippen LogP contribution in [-0.2, 0) is 11.3 Å². The molecule has 2 rings (SSSR count). The molecule has 2 aromatic rings. The van der Waals surface area contributed by atoms with Gasteiger partial charge in [-0.05, 0) is 48.6 Å². The molecule has 0 saturated heterocycles. The van der Waals surface area contributed by atoms with Crippen molar-refractivity contribution >= 4 is 40.3 Å². The van der Waals surface area contributed by atoms with Crippen LogP contribution >= 0.6 is 11.8 Å². The Bertz CT molecular complexity index is 742. The number of hydrogen-bond donors (Lipinski definition) is 3. The SMILES string of the molecule is CSCC[C@H](NC(N)=O)C(=O)Nc1ccc2c(ccn2CC(C)C)c1. The van der Waals surface area contributed by atoms with E-state index in [0.29, 0.717) is 18.0 Å². The maximum atomic E-state index is 12.4. The first-order chi connectivity index (χ1) is 11.9. The van der Waals surface area contributed by atoms with Gasteiger partial charge in [0, 0.05) is 29.3 Å². The predicted octanol–water partition coefficient (Wildman–Crippen LogP) is 3.03. The van der Waals surface area contributed by atoms with E-state index < -0.39 is 12.1 Å². The molecule has 0 spiro atoms. The van der Waals surface area contributed by atoms with Crippen LogP contribution in [-0.4, -0.2) is 34.6 Å². The van der Waals surface area contributed by atoms with Gasteiger partial charge >= 0.3 is 6.03 Å². The Labute approximate surface area is 152 Å². The molecular formula is C18H26N4O2S. The second-order valence-electron chi connectivity index (χ2n) is 6.47. The van der Waals surface area contributed by atoms with E-state index in [-0.39, 0.29) is 5.91 Å². The minimum Gasteiger partial charge on any atom is -0.352 e. The fourth-order valence-corrected chi connectivity index (χ4v) is 3.21. The third-order valence-electron chi connectivity index (χ3n) is 3.84. The molecule has 1 heterocycles. The lowest BCUT2D eigenvalue weighted by Gasteiger charge is -2.17. The van der Waals surface area contributed by atoms with E-state index in [1.54, 1.807) is 11.8 Å². The van der Waals surface area contributed by atoms with E-state index in [1.807, 2.05) is 30.5 Å². The van der Waals surface area contributed by atoms with Crippen molar-refractivity contribution in [2.75, 3.05) is 17.3 Å². The summed E-state index contributed by atoms with van der Waals surface area (Å²) < 4.78 is 2.21. The number of aromatic nitrogens is 1. The molecule has 1 aromatic carbocycles. The van der Waals surface area contributed by atoms with Crippen molar-refractivity contribution in [2.45, 2.75) is 32.9 Å². The maximum Gasteiger partial charge on any atom is 0.312 e. The Morgan fingerprint density at radius 3 is 2.68 bits per heavy atom. The smallest absolute Gasteiger partial charge is 0.312 e. The summed E-state index contributed by atoms with van der Waals surface area (Å²) in [6.07, 6.45) is 4.55. The van der Waals surface area contributed by atoms with Crippen molar-refractivity contribution in [3.63, 3.8) is 0 Å². The maximum absolute atomic E-state index is 12.4. The zero-order valence-corrected chi connectivity index (χ0v) is 15.7. The lowest BCUT2D eigenvalue weighted by atomic mass is 10.2. The third kappa shape index (κ3) is 5.42. The minimum atomic E-state index is -0.692. The summed E-state index contributed by atoms with van der Waals surface area (Å²) in [6, 6.07) is 6.55. The molecule has 3 amide bonds. The van der Waals surface area contributed by atoms with Crippen LogP contribution in [0, 0.1) is 5.92 Å². The van der Waals surface area contributed by atoms with Gasteiger partial charge in [0.2, 0.25) is 5.91 Å². The number of rotatable bonds is 8. The van der Waals surface area contributed by atoms with Crippen molar-refractivity contribution in [2.24, 2.45) is 11.7 Å². The summed E-state index contributed by atoms with van der Waals surface area (Å²) in [7, 11) is 0. The molecule has 0 aliphatic carbocycles. The molecular weight excluding hydrogens is 336 g/mol. The second-order valence-corrected chi connectivity index (χ2v) is 7.45. The standard InChI is InChI=1S/C18H26N4O2S/c1-12(2)11-22-8-6-13-10-14(4-5-16(13)22)20-17(23)15(7-9-25-3)21-18(19)24/h4-6,8,10,12,15H,7,9,11H2,1-3H3,(H,20,23)(H3,19,21,24)/t15-/m0/s1. The Kier molecular flexibility index (Phi) is 6.75. The van der Waals surface area contributed by atoms with Crippen LogP contribution < -0.4 is 16.4 Å². The van der Waals surface area contributed by atoms with Crippen LogP contribution in [0.5, 0.6) is 0 Å². The Morgan fingerprint density at radius 2 is 2.04 bits per heavy atom. The molecule has 136 valence electrons. The highest BCUT2D eigenvalue weighted by Crippen LogP contribution is 2.22. The number of benzene rings is 1. The topological polar surface area (TPSA) is 89.2 Å². The Morgan fingerprint density at radius 1 is 1.28 bits per heavy atom. The molecule has 0 radical (unpaired) electrons. The van der Waals surface area contributed by atoms with Crippen molar-refractivity contribution in [1.29, 1.82) is 0 Å². The molecule has 25 heavy (non-hydrogen) atoms. The average Bonchev–Trinajstić information content (AvgIpc) is 2.92. The minimum absolute atomic E-state index is 0.256. The van der Waals surface area contributed by atoms with Crippen LogP contribution in [0.15, 0.2) is 30.5 Å². The number of nitrogens with one attached hydrogen (secondary N) is 2. The number of primary amides is 1. The van der Waals surface area contributed by atoms with Crippen molar-refractivity contribution < 1.29 is 9.59 Å². The van der Waals surface area contributed by atoms with Gasteiger partial charge in [0.05, 0.1) is 0 Å². The van der Waals surface area contributed by atoms with Gasteiger partial charge in [-0.25, -0.2) is 4.79 Å². The van der Waals surface area contributed by atoms with Crippen LogP contribution in [0.1, 0.15) is 20.3 Å². The van der Waals surface area contributed by atoms with Gasteiger partial charge in [-0.15, -0.1) is 0 Å². The van der Waals surface area contributed by atoms with Gasteiger partial charge in [-0.1, -0.05) is 13.8 Å². The fourth-order valence-electron chi connectivity index (χ4n) is 2.74. The number of fused-ring (bicyclic) bond motifs is 1. The summed E-state index contributed by atoms with van der Waals surface area (Å²) in [6.45, 7) is 5.32. The first-order valence-corrected chi connectivity index (χ1v) is 9.74. The Balaban J connectivity index is 2.12. The van der Waals surface area contributed by atoms with E-state index in [0.717, 1.165) is 23.2 Å². The van der Waals surface area contributed by atoms with Crippen LogP contribution in [0.4, 0.5) is 10.5 Å². The molecule has 1 atom stereocenters. The van der Waals surface area contributed by atoms with Gasteiger partial charge in [0.1, 0.15) is 6.04 Å². The number of nitrogens with zero attached hydrogens (tertiary/aromatic N) is 1. The number of carbonyl (C=O) groups is 2. The number of carbonyl (C=O) groups excluding carboxylic acids is 2. The highest BCUT2D eigenvalue weighted by Gasteiger charge is 2.19. The first-order valence-electron chi connectivity index (χ1n) is 8.35. The predicted molar refractivity (Wildman–Crippen MR) is 105 cm³/mol. The highest BCUT2D eigenvalue weighted by atomic mass is 32.2. The van der Waals surface area contributed by atoms with Crippen molar-refractivity contribution in [3.05, 3.63) is 30.5 Å². The van der Waals surface area contributed by atoms with E-state index in [1.165, 1.54) is 0 Å². The number of anilines is 1. The molecule has 0 bridgehead atoms. The van der Waals surface area contributed by atoms with E-state index in [4.69, 9.17) is 5.73 Å². The van der Waals surface area contributed by atoms with E-state index in [9.17, 15) is 9.59 Å². The summed E-state index contributed by atoms with van der Waals surface area (Å²) in [5.41, 5.74) is 7.02. The third-order valence-corrected chi connectivity index (χ3v) is 4.49. The van der Waals surface area contributed by atoms with Crippen molar-refractivity contribution in [3.8, 4) is 0 Å². The molecule has 0 aliphatic rings. The second kappa shape index (κ2) is 8.80. The average molecular weight is 362 g/mol. The van der Waals surface area contributed by atoms with Gasteiger partial charge in [0.15, 0.2) is 0 Å². The zero-order valence-electron chi connectivity index (χ0n) is 14.9. The molecule has 0 aliphatic heterocycles. The summed E-state index contributed by atoms with van der Waals surface area (Å²) in [5.74, 6) is 1.07. The number of hydrogen-bond acceptors (Lipinski definition) is 3. The molecule has 0 unspecified atom stereocenters. The van der Waals surface area contributed by atoms with Gasteiger partial charge in [-0.3, -0.25) is 4.79 Å². The Hall–Kier alpha value is -2.15. The largest absolute Gasteiger partial charge is 0.352 e. The van der Waals surface area contributed by atoms with Crippen LogP contribution in [0.3, 0.4) is 0 Å². The van der Waals surface area contributed by atoms with Crippen LogP contribution in [0.2, 0.25) is 0 Å². The highest BCUT2D eigenvalue weighted by molar-refractivity contribution is 7.98. The quantitative estimate of drug-likeness (QED) is 0.674. The number of nitrogens with two attached hydrogens (primary N) is 1. The molecule has 0 saturated carbocycles. The zero-order chi connectivity index (χ0) is 18.4. The summed E-state index contributed by atoms with van der Waals surface area (Å²) in [5, 5.41) is 6.45. The van der Waals surface area contributed by atoms with E-state index in [2.05, 4.69) is 35.2 Å². The van der Waals surface area contributed by atoms with Gasteiger partial charge < -0.3 is 20.9 Å². The lowest BCUT2D eigenvalue weighted by Crippen LogP contribution is -2.46. The number of amides is 3. The van der Waals surface area contributed by atoms with Crippen molar-refractivity contribution in [1.82, 2.24) is 9.88 Å². The van der Waals surface area contributed by atoms with Crippen LogP contribution in [0.25, 0.3) is 10.9 Å². The van der Waals surface area contributed by atoms with Gasteiger partial charge in [0.25, 0.3) is 0 Å². The molecule has 7 heteroatoms. The molecule has 1 aromatic heterocycles. The fraction of sp³-hybridized carbons (Fsp3) is 0.444. The first kappa shape index (κ1) is 19.2.